The van der Waals surface area contributed by atoms with E-state index < -0.39 is 35.3 Å². The number of rotatable bonds is 6. The van der Waals surface area contributed by atoms with Crippen LogP contribution < -0.4 is 10.6 Å². The van der Waals surface area contributed by atoms with Crippen molar-refractivity contribution in [2.45, 2.75) is 12.4 Å². The number of halogens is 6. The minimum absolute atomic E-state index is 0.0662. The average molecular weight is 555 g/mol. The minimum Gasteiger partial charge on any atom is -0.322 e. The minimum atomic E-state index is -4.62. The first-order valence-corrected chi connectivity index (χ1v) is 11.6. The average Bonchev–Trinajstić information content (AvgIpc) is 2.91. The van der Waals surface area contributed by atoms with Crippen LogP contribution >= 0.6 is 0 Å². The number of aromatic nitrogens is 1. The molecule has 1 heterocycles. The highest BCUT2D eigenvalue weighted by Gasteiger charge is 2.31. The number of benzene rings is 3. The van der Waals surface area contributed by atoms with Crippen LogP contribution in [0.5, 0.6) is 0 Å². The maximum Gasteiger partial charge on any atom is 0.416 e. The number of pyridine rings is 1. The van der Waals surface area contributed by atoms with Gasteiger partial charge in [-0.3, -0.25) is 14.6 Å². The van der Waals surface area contributed by atoms with Gasteiger partial charge in [0.15, 0.2) is 0 Å². The number of amides is 2. The van der Waals surface area contributed by atoms with Gasteiger partial charge in [-0.2, -0.15) is 26.3 Å². The van der Waals surface area contributed by atoms with E-state index in [9.17, 15) is 35.9 Å². The van der Waals surface area contributed by atoms with Crippen LogP contribution in [-0.2, 0) is 12.4 Å². The van der Waals surface area contributed by atoms with Crippen LogP contribution in [0.15, 0.2) is 91.3 Å². The second-order valence-corrected chi connectivity index (χ2v) is 8.52. The van der Waals surface area contributed by atoms with Gasteiger partial charge in [0.05, 0.1) is 11.1 Å². The summed E-state index contributed by atoms with van der Waals surface area (Å²) in [6.07, 6.45) is -2.84. The molecule has 0 fully saturated rings. The molecule has 2 N–H and O–H groups in total. The summed E-state index contributed by atoms with van der Waals surface area (Å²) in [6.45, 7) is 0. The molecule has 5 nitrogen and oxygen atoms in total. The van der Waals surface area contributed by atoms with Crippen LogP contribution in [0.25, 0.3) is 12.2 Å². The maximum absolute atomic E-state index is 13.1. The topological polar surface area (TPSA) is 71.1 Å². The number of nitrogens with zero attached hydrogens (tertiary/aromatic N) is 1. The number of carbonyl (C=O) groups excluding carboxylic acids is 2. The van der Waals surface area contributed by atoms with Crippen LogP contribution in [0.2, 0.25) is 0 Å². The summed E-state index contributed by atoms with van der Waals surface area (Å²) >= 11 is 0. The molecule has 204 valence electrons. The number of alkyl halides is 6. The fourth-order valence-corrected chi connectivity index (χ4v) is 3.63. The van der Waals surface area contributed by atoms with Crippen molar-refractivity contribution in [2.24, 2.45) is 0 Å². The normalized spacial score (nSPS) is 11.8. The summed E-state index contributed by atoms with van der Waals surface area (Å²) in [5.74, 6) is -1.60. The van der Waals surface area contributed by atoms with Gasteiger partial charge >= 0.3 is 12.4 Å². The standard InChI is InChI=1S/C29H19F6N3O2/c30-28(31,32)22-3-1-5-24(16-22)37-26(39)20-13-19(8-7-18-9-11-36-12-10-18)14-21(15-20)27(40)38-25-6-2-4-23(17-25)29(33,34)35/h1-17H,(H,37,39)(H,38,40)/b8-7+. The van der Waals surface area contributed by atoms with E-state index >= 15 is 0 Å². The van der Waals surface area contributed by atoms with E-state index in [2.05, 4.69) is 15.6 Å². The van der Waals surface area contributed by atoms with Gasteiger partial charge in [0.1, 0.15) is 0 Å². The Balaban J connectivity index is 1.66. The third-order valence-electron chi connectivity index (χ3n) is 5.55. The van der Waals surface area contributed by atoms with Gasteiger partial charge in [-0.25, -0.2) is 0 Å². The van der Waals surface area contributed by atoms with Crippen molar-refractivity contribution in [1.29, 1.82) is 0 Å². The van der Waals surface area contributed by atoms with E-state index in [4.69, 9.17) is 0 Å². The molecule has 0 aliphatic rings. The molecule has 0 saturated heterocycles. The van der Waals surface area contributed by atoms with Gasteiger partial charge in [-0.15, -0.1) is 0 Å². The lowest BCUT2D eigenvalue weighted by atomic mass is 10.0. The molecular formula is C29H19F6N3O2. The van der Waals surface area contributed by atoms with Crippen LogP contribution in [-0.4, -0.2) is 16.8 Å². The second kappa shape index (κ2) is 11.4. The zero-order chi connectivity index (χ0) is 28.9. The molecule has 0 atom stereocenters. The summed E-state index contributed by atoms with van der Waals surface area (Å²) in [5.41, 5.74) is -1.15. The predicted molar refractivity (Wildman–Crippen MR) is 138 cm³/mol. The Labute approximate surface area is 224 Å². The van der Waals surface area contributed by atoms with E-state index in [0.717, 1.165) is 42.0 Å². The van der Waals surface area contributed by atoms with E-state index in [1.807, 2.05) is 0 Å². The highest BCUT2D eigenvalue weighted by atomic mass is 19.4. The number of anilines is 2. The van der Waals surface area contributed by atoms with Gasteiger partial charge in [0.2, 0.25) is 0 Å². The lowest BCUT2D eigenvalue weighted by Gasteiger charge is -2.12. The van der Waals surface area contributed by atoms with Crippen molar-refractivity contribution in [3.8, 4) is 0 Å². The van der Waals surface area contributed by atoms with Crippen molar-refractivity contribution in [3.05, 3.63) is 125 Å². The van der Waals surface area contributed by atoms with E-state index in [-0.39, 0.29) is 22.5 Å². The largest absolute Gasteiger partial charge is 0.416 e. The molecule has 1 aromatic heterocycles. The number of carbonyl (C=O) groups is 2. The van der Waals surface area contributed by atoms with Crippen molar-refractivity contribution in [1.82, 2.24) is 4.98 Å². The molecule has 40 heavy (non-hydrogen) atoms. The number of nitrogens with one attached hydrogen (secondary N) is 2. The summed E-state index contributed by atoms with van der Waals surface area (Å²) in [4.78, 5) is 29.9. The molecule has 0 saturated carbocycles. The number of hydrogen-bond acceptors (Lipinski definition) is 3. The predicted octanol–water partition coefficient (Wildman–Crippen LogP) is 7.79. The Kier molecular flexibility index (Phi) is 8.03. The second-order valence-electron chi connectivity index (χ2n) is 8.52. The summed E-state index contributed by atoms with van der Waals surface area (Å²) < 4.78 is 78.5. The Morgan fingerprint density at radius 3 is 1.50 bits per heavy atom. The first-order valence-electron chi connectivity index (χ1n) is 11.6. The summed E-state index contributed by atoms with van der Waals surface area (Å²) in [5, 5.41) is 4.77. The van der Waals surface area contributed by atoms with E-state index in [1.54, 1.807) is 36.7 Å². The Morgan fingerprint density at radius 2 is 1.05 bits per heavy atom. The zero-order valence-corrected chi connectivity index (χ0v) is 20.3. The maximum atomic E-state index is 13.1. The van der Waals surface area contributed by atoms with Crippen LogP contribution in [0.3, 0.4) is 0 Å². The third kappa shape index (κ3) is 7.34. The van der Waals surface area contributed by atoms with Crippen LogP contribution in [0.4, 0.5) is 37.7 Å². The van der Waals surface area contributed by atoms with Gasteiger partial charge in [0.25, 0.3) is 11.8 Å². The van der Waals surface area contributed by atoms with Crippen LogP contribution in [0.1, 0.15) is 43.0 Å². The Hall–Kier alpha value is -4.93. The quantitative estimate of drug-likeness (QED) is 0.239. The van der Waals surface area contributed by atoms with Crippen LogP contribution in [0, 0.1) is 0 Å². The number of hydrogen-bond donors (Lipinski definition) is 2. The molecule has 4 rings (SSSR count). The first kappa shape index (κ1) is 28.1. The van der Waals surface area contributed by atoms with Crippen molar-refractivity contribution >= 4 is 35.3 Å². The molecule has 0 unspecified atom stereocenters. The first-order chi connectivity index (χ1) is 18.9. The molecule has 11 heteroatoms. The summed E-state index contributed by atoms with van der Waals surface area (Å²) in [6, 6.07) is 15.5. The molecule has 4 aromatic rings. The van der Waals surface area contributed by atoms with Gasteiger partial charge < -0.3 is 10.6 Å². The Bertz CT molecular complexity index is 1470. The monoisotopic (exact) mass is 555 g/mol. The molecular weight excluding hydrogens is 536 g/mol. The molecule has 0 spiro atoms. The van der Waals surface area contributed by atoms with E-state index in [1.165, 1.54) is 30.3 Å². The van der Waals surface area contributed by atoms with Gasteiger partial charge in [-0.05, 0) is 77.9 Å². The lowest BCUT2D eigenvalue weighted by Crippen LogP contribution is -2.17. The molecule has 0 radical (unpaired) electrons. The van der Waals surface area contributed by atoms with Crippen molar-refractivity contribution < 1.29 is 35.9 Å². The fourth-order valence-electron chi connectivity index (χ4n) is 3.63. The van der Waals surface area contributed by atoms with Crippen molar-refractivity contribution in [3.63, 3.8) is 0 Å². The Morgan fingerprint density at radius 1 is 0.600 bits per heavy atom. The van der Waals surface area contributed by atoms with Gasteiger partial charge in [0, 0.05) is 34.9 Å². The smallest absolute Gasteiger partial charge is 0.322 e. The lowest BCUT2D eigenvalue weighted by molar-refractivity contribution is -0.138. The van der Waals surface area contributed by atoms with Crippen molar-refractivity contribution in [2.75, 3.05) is 10.6 Å². The third-order valence-corrected chi connectivity index (χ3v) is 5.55. The highest BCUT2D eigenvalue weighted by molar-refractivity contribution is 6.09. The van der Waals surface area contributed by atoms with E-state index in [0.29, 0.717) is 5.56 Å². The molecule has 0 bridgehead atoms. The molecule has 3 aromatic carbocycles. The fraction of sp³-hybridized carbons (Fsp3) is 0.0690. The molecule has 0 aliphatic heterocycles. The van der Waals surface area contributed by atoms with Gasteiger partial charge in [-0.1, -0.05) is 24.3 Å². The summed E-state index contributed by atoms with van der Waals surface area (Å²) in [7, 11) is 0. The SMILES string of the molecule is O=C(Nc1cccc(C(F)(F)F)c1)c1cc(/C=C/c2ccncc2)cc(C(=O)Nc2cccc(C(F)(F)F)c2)c1. The molecule has 2 amide bonds. The highest BCUT2D eigenvalue weighted by Crippen LogP contribution is 2.32. The zero-order valence-electron chi connectivity index (χ0n) is 20.3. The molecule has 0 aliphatic carbocycles.